The smallest absolute Gasteiger partial charge is 0.114 e. The summed E-state index contributed by atoms with van der Waals surface area (Å²) in [6.45, 7) is 18.2. The van der Waals surface area contributed by atoms with Crippen LogP contribution in [0.1, 0.15) is 99.3 Å². The van der Waals surface area contributed by atoms with Crippen LogP contribution in [0.2, 0.25) is 0 Å². The Morgan fingerprint density at radius 1 is 1.31 bits per heavy atom. The van der Waals surface area contributed by atoms with Gasteiger partial charge in [-0.05, 0) is 86.7 Å². The van der Waals surface area contributed by atoms with Crippen LogP contribution in [0.4, 0.5) is 0 Å². The van der Waals surface area contributed by atoms with Crippen molar-refractivity contribution in [1.82, 2.24) is 0 Å². The zero-order valence-corrected chi connectivity index (χ0v) is 23.1. The summed E-state index contributed by atoms with van der Waals surface area (Å²) in [7, 11) is 0. The maximum absolute atomic E-state index is 10.2. The van der Waals surface area contributed by atoms with Crippen LogP contribution in [-0.2, 0) is 4.84 Å². The molecule has 4 heteroatoms. The van der Waals surface area contributed by atoms with Gasteiger partial charge in [0.05, 0.1) is 17.9 Å². The van der Waals surface area contributed by atoms with Gasteiger partial charge in [-0.2, -0.15) is 0 Å². The lowest BCUT2D eigenvalue weighted by Gasteiger charge is -2.42. The molecule has 2 N–H and O–H groups in total. The molecule has 0 aliphatic heterocycles. The number of aliphatic hydroxyl groups excluding tert-OH is 2. The van der Waals surface area contributed by atoms with Gasteiger partial charge in [0, 0.05) is 11.8 Å². The average molecular weight is 484 g/mol. The molecule has 0 aromatic carbocycles. The van der Waals surface area contributed by atoms with Crippen molar-refractivity contribution in [3.8, 4) is 0 Å². The summed E-state index contributed by atoms with van der Waals surface area (Å²) in [5.74, 6) is 1.13. The van der Waals surface area contributed by atoms with Crippen molar-refractivity contribution in [2.75, 3.05) is 6.61 Å². The molecule has 0 unspecified atom stereocenters. The van der Waals surface area contributed by atoms with Gasteiger partial charge in [0.15, 0.2) is 0 Å². The summed E-state index contributed by atoms with van der Waals surface area (Å²) in [6.07, 6.45) is 14.9. The fourth-order valence-electron chi connectivity index (χ4n) is 6.51. The van der Waals surface area contributed by atoms with Crippen LogP contribution >= 0.6 is 0 Å². The molecule has 2 saturated carbocycles. The molecule has 4 nitrogen and oxygen atoms in total. The zero-order chi connectivity index (χ0) is 25.8. The van der Waals surface area contributed by atoms with Crippen molar-refractivity contribution in [2.45, 2.75) is 112 Å². The van der Waals surface area contributed by atoms with Gasteiger partial charge in [0.25, 0.3) is 0 Å². The Bertz CT molecular complexity index is 887. The van der Waals surface area contributed by atoms with Gasteiger partial charge in [0.2, 0.25) is 0 Å². The second-order valence-electron chi connectivity index (χ2n) is 12.3. The van der Waals surface area contributed by atoms with Gasteiger partial charge < -0.3 is 15.1 Å². The molecule has 0 saturated heterocycles. The number of hydrogen-bond acceptors (Lipinski definition) is 4. The van der Waals surface area contributed by atoms with E-state index in [1.807, 2.05) is 6.92 Å². The molecule has 35 heavy (non-hydrogen) atoms. The van der Waals surface area contributed by atoms with Crippen molar-refractivity contribution in [2.24, 2.45) is 27.8 Å². The van der Waals surface area contributed by atoms with E-state index in [0.29, 0.717) is 31.3 Å². The van der Waals surface area contributed by atoms with Gasteiger partial charge in [-0.25, -0.2) is 0 Å². The Morgan fingerprint density at radius 2 is 2.06 bits per heavy atom. The first kappa shape index (κ1) is 27.9. The van der Waals surface area contributed by atoms with Crippen molar-refractivity contribution in [3.63, 3.8) is 0 Å². The van der Waals surface area contributed by atoms with E-state index in [0.717, 1.165) is 42.5 Å². The highest BCUT2D eigenvalue weighted by Crippen LogP contribution is 2.57. The summed E-state index contributed by atoms with van der Waals surface area (Å²) in [6, 6.07) is 0. The molecule has 3 aliphatic rings. The van der Waals surface area contributed by atoms with E-state index >= 15 is 0 Å². The van der Waals surface area contributed by atoms with E-state index in [9.17, 15) is 10.2 Å². The first-order valence-electron chi connectivity index (χ1n) is 13.8. The Morgan fingerprint density at radius 3 is 2.74 bits per heavy atom. The molecule has 3 aliphatic carbocycles. The van der Waals surface area contributed by atoms with Crippen molar-refractivity contribution < 1.29 is 15.1 Å². The molecule has 2 fully saturated rings. The Kier molecular flexibility index (Phi) is 9.26. The van der Waals surface area contributed by atoms with E-state index < -0.39 is 12.2 Å². The molecule has 0 heterocycles. The lowest BCUT2D eigenvalue weighted by Crippen LogP contribution is -2.32. The van der Waals surface area contributed by atoms with Crippen molar-refractivity contribution in [1.29, 1.82) is 0 Å². The minimum atomic E-state index is -0.627. The highest BCUT2D eigenvalue weighted by molar-refractivity contribution is 5.88. The minimum Gasteiger partial charge on any atom is -0.396 e. The Balaban J connectivity index is 1.66. The summed E-state index contributed by atoms with van der Waals surface area (Å²) >= 11 is 0. The number of nitrogens with zero attached hydrogens (tertiary/aromatic N) is 1. The standard InChI is InChI=1S/C31H49NO3/c1-8-35-32-29(30(4,5)6)13-9-11-21(2)26-16-17-27-23(12-10-18-31(26,27)7)14-15-24-19-25(33)20-28(34)22(24)3/h14-16,21,25,27-28,33-34H,3,8-13,17-20H2,1-2,4-7H3/b23-14+,24-15-,32-29-/t21-,25-,27+,28+,31-/m1/s1. The third kappa shape index (κ3) is 6.57. The van der Waals surface area contributed by atoms with E-state index in [2.05, 4.69) is 64.6 Å². The summed E-state index contributed by atoms with van der Waals surface area (Å²) < 4.78 is 0. The molecule has 3 rings (SSSR count). The maximum atomic E-state index is 10.2. The van der Waals surface area contributed by atoms with E-state index in [4.69, 9.17) is 4.84 Å². The highest BCUT2D eigenvalue weighted by Gasteiger charge is 2.45. The van der Waals surface area contributed by atoms with Gasteiger partial charge in [-0.1, -0.05) is 75.7 Å². The highest BCUT2D eigenvalue weighted by atomic mass is 16.6. The van der Waals surface area contributed by atoms with Gasteiger partial charge in [-0.15, -0.1) is 0 Å². The summed E-state index contributed by atoms with van der Waals surface area (Å²) in [5.41, 5.74) is 6.36. The molecule has 196 valence electrons. The number of oxime groups is 1. The molecular weight excluding hydrogens is 434 g/mol. The molecule has 0 bridgehead atoms. The first-order valence-corrected chi connectivity index (χ1v) is 13.8. The predicted octanol–water partition coefficient (Wildman–Crippen LogP) is 7.29. The summed E-state index contributed by atoms with van der Waals surface area (Å²) in [4.78, 5) is 5.40. The van der Waals surface area contributed by atoms with Gasteiger partial charge in [-0.3, -0.25) is 0 Å². The van der Waals surface area contributed by atoms with Crippen molar-refractivity contribution in [3.05, 3.63) is 47.1 Å². The van der Waals surface area contributed by atoms with E-state index in [1.54, 1.807) is 5.57 Å². The SMILES string of the molecule is C=C1/C(=C\C=C2/CCC[C@]3(C)C([C@H](C)CCC/C(=N/OCC)C(C)(C)C)=CC[C@@H]23)C[C@@H](O)C[C@@H]1O. The maximum Gasteiger partial charge on any atom is 0.114 e. The Hall–Kier alpha value is -1.65. The van der Waals surface area contributed by atoms with Crippen LogP contribution in [0.3, 0.4) is 0 Å². The number of allylic oxidation sites excluding steroid dienone is 5. The normalized spacial score (nSPS) is 33.1. The van der Waals surface area contributed by atoms with Crippen LogP contribution in [-0.4, -0.2) is 34.7 Å². The topological polar surface area (TPSA) is 62.0 Å². The quantitative estimate of drug-likeness (QED) is 0.216. The van der Waals surface area contributed by atoms with Gasteiger partial charge in [0.1, 0.15) is 6.61 Å². The molecule has 0 amide bonds. The average Bonchev–Trinajstić information content (AvgIpc) is 3.14. The second kappa shape index (κ2) is 11.6. The predicted molar refractivity (Wildman–Crippen MR) is 146 cm³/mol. The minimum absolute atomic E-state index is 0.0371. The van der Waals surface area contributed by atoms with Gasteiger partial charge >= 0.3 is 0 Å². The van der Waals surface area contributed by atoms with Crippen LogP contribution in [0.15, 0.2) is 52.3 Å². The molecule has 0 aromatic heterocycles. The lowest BCUT2D eigenvalue weighted by atomic mass is 9.62. The lowest BCUT2D eigenvalue weighted by molar-refractivity contribution is 0.0862. The van der Waals surface area contributed by atoms with Crippen LogP contribution < -0.4 is 0 Å². The molecule has 0 spiro atoms. The summed E-state index contributed by atoms with van der Waals surface area (Å²) in [5, 5.41) is 24.7. The van der Waals surface area contributed by atoms with E-state index in [1.165, 1.54) is 24.8 Å². The zero-order valence-electron chi connectivity index (χ0n) is 23.1. The monoisotopic (exact) mass is 483 g/mol. The molecule has 0 radical (unpaired) electrons. The fraction of sp³-hybridized carbons (Fsp3) is 0.710. The number of aliphatic hydroxyl groups is 2. The molecule has 5 atom stereocenters. The van der Waals surface area contributed by atoms with Crippen LogP contribution in [0.5, 0.6) is 0 Å². The molecular formula is C31H49NO3. The van der Waals surface area contributed by atoms with E-state index in [-0.39, 0.29) is 10.8 Å². The second-order valence-corrected chi connectivity index (χ2v) is 12.3. The first-order chi connectivity index (χ1) is 16.5. The third-order valence-electron chi connectivity index (χ3n) is 8.63. The number of rotatable bonds is 8. The Labute approximate surface area is 213 Å². The largest absolute Gasteiger partial charge is 0.396 e. The fourth-order valence-corrected chi connectivity index (χ4v) is 6.51. The molecule has 0 aromatic rings. The van der Waals surface area contributed by atoms with Crippen molar-refractivity contribution >= 4 is 5.71 Å². The third-order valence-corrected chi connectivity index (χ3v) is 8.63. The van der Waals surface area contributed by atoms with Crippen LogP contribution in [0.25, 0.3) is 0 Å². The number of hydrogen-bond donors (Lipinski definition) is 2. The number of fused-ring (bicyclic) bond motifs is 1. The van der Waals surface area contributed by atoms with Crippen LogP contribution in [0, 0.1) is 22.7 Å².